The number of benzene rings is 1. The molecule has 1 aromatic carbocycles. The van der Waals surface area contributed by atoms with Crippen molar-refractivity contribution in [1.29, 1.82) is 0 Å². The van der Waals surface area contributed by atoms with E-state index in [0.717, 1.165) is 25.6 Å². The topological polar surface area (TPSA) is 32.3 Å². The molecule has 132 valence electrons. The van der Waals surface area contributed by atoms with Gasteiger partial charge in [0.15, 0.2) is 5.82 Å². The number of nitrogens with zero attached hydrogens (tertiary/aromatic N) is 4. The van der Waals surface area contributed by atoms with Gasteiger partial charge in [-0.05, 0) is 37.2 Å². The highest BCUT2D eigenvalue weighted by atomic mass is 19.1. The SMILES string of the molecule is Fc1cnc(N2CCN3CC(CCc4ccccc4)CCC3C2)nc1. The van der Waals surface area contributed by atoms with Crippen LogP contribution in [-0.2, 0) is 6.42 Å². The second kappa shape index (κ2) is 7.48. The minimum absolute atomic E-state index is 0.374. The molecule has 2 saturated heterocycles. The van der Waals surface area contributed by atoms with E-state index in [0.29, 0.717) is 12.0 Å². The van der Waals surface area contributed by atoms with Gasteiger partial charge in [0.05, 0.1) is 12.4 Å². The molecule has 5 heteroatoms. The first-order valence-electron chi connectivity index (χ1n) is 9.28. The zero-order chi connectivity index (χ0) is 17.1. The summed E-state index contributed by atoms with van der Waals surface area (Å²) in [5, 5.41) is 0. The number of aromatic nitrogens is 2. The molecule has 0 saturated carbocycles. The highest BCUT2D eigenvalue weighted by Gasteiger charge is 2.33. The van der Waals surface area contributed by atoms with Crippen LogP contribution in [0.25, 0.3) is 0 Å². The molecular weight excluding hydrogens is 315 g/mol. The zero-order valence-electron chi connectivity index (χ0n) is 14.5. The largest absolute Gasteiger partial charge is 0.338 e. The molecule has 0 aliphatic carbocycles. The molecule has 0 bridgehead atoms. The Kier molecular flexibility index (Phi) is 4.92. The Balaban J connectivity index is 1.30. The van der Waals surface area contributed by atoms with Gasteiger partial charge in [-0.2, -0.15) is 0 Å². The molecule has 25 heavy (non-hydrogen) atoms. The van der Waals surface area contributed by atoms with E-state index < -0.39 is 0 Å². The standard InChI is InChI=1S/C20H25FN4/c21-18-12-22-20(23-13-18)25-11-10-24-14-17(8-9-19(24)15-25)7-6-16-4-2-1-3-5-16/h1-5,12-13,17,19H,6-11,14-15H2. The quantitative estimate of drug-likeness (QED) is 0.856. The molecule has 0 spiro atoms. The van der Waals surface area contributed by atoms with Crippen molar-refractivity contribution < 1.29 is 4.39 Å². The predicted molar refractivity (Wildman–Crippen MR) is 97.1 cm³/mol. The number of anilines is 1. The summed E-state index contributed by atoms with van der Waals surface area (Å²) in [5.74, 6) is 1.08. The molecule has 2 aromatic rings. The van der Waals surface area contributed by atoms with E-state index in [1.807, 2.05) is 0 Å². The van der Waals surface area contributed by atoms with Crippen molar-refractivity contribution in [3.8, 4) is 0 Å². The van der Waals surface area contributed by atoms with E-state index in [1.54, 1.807) is 0 Å². The highest BCUT2D eigenvalue weighted by molar-refractivity contribution is 5.30. The molecule has 0 radical (unpaired) electrons. The van der Waals surface area contributed by atoms with Crippen molar-refractivity contribution >= 4 is 5.95 Å². The van der Waals surface area contributed by atoms with Gasteiger partial charge in [0, 0.05) is 32.2 Å². The van der Waals surface area contributed by atoms with Crippen LogP contribution in [0, 0.1) is 11.7 Å². The van der Waals surface area contributed by atoms with Crippen molar-refractivity contribution in [2.24, 2.45) is 5.92 Å². The van der Waals surface area contributed by atoms with E-state index in [9.17, 15) is 4.39 Å². The van der Waals surface area contributed by atoms with E-state index in [2.05, 4.69) is 50.1 Å². The average molecular weight is 340 g/mol. The predicted octanol–water partition coefficient (Wildman–Crippen LogP) is 3.15. The van der Waals surface area contributed by atoms with Crippen LogP contribution in [0.1, 0.15) is 24.8 Å². The summed E-state index contributed by atoms with van der Waals surface area (Å²) in [7, 11) is 0. The second-order valence-electron chi connectivity index (χ2n) is 7.26. The fourth-order valence-electron chi connectivity index (χ4n) is 4.16. The maximum atomic E-state index is 13.0. The summed E-state index contributed by atoms with van der Waals surface area (Å²) in [6, 6.07) is 11.4. The lowest BCUT2D eigenvalue weighted by molar-refractivity contribution is 0.0919. The lowest BCUT2D eigenvalue weighted by Crippen LogP contribution is -2.56. The Morgan fingerprint density at radius 1 is 1.00 bits per heavy atom. The van der Waals surface area contributed by atoms with Gasteiger partial charge in [-0.3, -0.25) is 4.90 Å². The van der Waals surface area contributed by atoms with E-state index in [-0.39, 0.29) is 5.82 Å². The Morgan fingerprint density at radius 3 is 2.60 bits per heavy atom. The third-order valence-electron chi connectivity index (χ3n) is 5.58. The van der Waals surface area contributed by atoms with E-state index >= 15 is 0 Å². The number of hydrogen-bond acceptors (Lipinski definition) is 4. The molecule has 2 unspecified atom stereocenters. The molecule has 2 atom stereocenters. The van der Waals surface area contributed by atoms with Crippen molar-refractivity contribution in [3.63, 3.8) is 0 Å². The number of piperazine rings is 1. The highest BCUT2D eigenvalue weighted by Crippen LogP contribution is 2.28. The van der Waals surface area contributed by atoms with Gasteiger partial charge in [-0.25, -0.2) is 14.4 Å². The first-order valence-corrected chi connectivity index (χ1v) is 9.28. The smallest absolute Gasteiger partial charge is 0.225 e. The van der Waals surface area contributed by atoms with Crippen molar-refractivity contribution in [2.75, 3.05) is 31.1 Å². The summed E-state index contributed by atoms with van der Waals surface area (Å²) in [4.78, 5) is 13.1. The fourth-order valence-corrected chi connectivity index (χ4v) is 4.16. The van der Waals surface area contributed by atoms with Crippen molar-refractivity contribution in [3.05, 3.63) is 54.1 Å². The van der Waals surface area contributed by atoms with Gasteiger partial charge in [-0.15, -0.1) is 0 Å². The number of aryl methyl sites for hydroxylation is 1. The van der Waals surface area contributed by atoms with Crippen LogP contribution in [0.5, 0.6) is 0 Å². The third-order valence-corrected chi connectivity index (χ3v) is 5.58. The number of piperidine rings is 1. The van der Waals surface area contributed by atoms with Gasteiger partial charge >= 0.3 is 0 Å². The molecule has 2 fully saturated rings. The third kappa shape index (κ3) is 3.98. The summed E-state index contributed by atoms with van der Waals surface area (Å²) in [6.45, 7) is 4.13. The lowest BCUT2D eigenvalue weighted by Gasteiger charge is -2.46. The van der Waals surface area contributed by atoms with Gasteiger partial charge < -0.3 is 4.90 Å². The molecule has 4 rings (SSSR count). The van der Waals surface area contributed by atoms with Crippen LogP contribution < -0.4 is 4.90 Å². The first-order chi connectivity index (χ1) is 12.3. The minimum atomic E-state index is -0.374. The first kappa shape index (κ1) is 16.5. The maximum absolute atomic E-state index is 13.0. The number of fused-ring (bicyclic) bond motifs is 1. The second-order valence-corrected chi connectivity index (χ2v) is 7.26. The molecule has 0 N–H and O–H groups in total. The van der Waals surface area contributed by atoms with Crippen LogP contribution in [0.4, 0.5) is 10.3 Å². The molecular formula is C20H25FN4. The number of halogens is 1. The summed E-state index contributed by atoms with van der Waals surface area (Å²) in [5.41, 5.74) is 1.45. The Hall–Kier alpha value is -2.01. The molecule has 3 heterocycles. The molecule has 2 aliphatic heterocycles. The van der Waals surface area contributed by atoms with Gasteiger partial charge in [0.1, 0.15) is 0 Å². The normalized spacial score (nSPS) is 24.1. The van der Waals surface area contributed by atoms with Crippen LogP contribution in [0.3, 0.4) is 0 Å². The van der Waals surface area contributed by atoms with Crippen LogP contribution in [0.15, 0.2) is 42.7 Å². The molecule has 1 aromatic heterocycles. The van der Waals surface area contributed by atoms with E-state index in [4.69, 9.17) is 0 Å². The van der Waals surface area contributed by atoms with Crippen LogP contribution in [-0.4, -0.2) is 47.1 Å². The Bertz CT molecular complexity index is 676. The summed E-state index contributed by atoms with van der Waals surface area (Å²) in [6.07, 6.45) is 7.51. The zero-order valence-corrected chi connectivity index (χ0v) is 14.5. The molecule has 4 nitrogen and oxygen atoms in total. The van der Waals surface area contributed by atoms with Crippen molar-refractivity contribution in [2.45, 2.75) is 31.7 Å². The summed E-state index contributed by atoms with van der Waals surface area (Å²) < 4.78 is 13.0. The van der Waals surface area contributed by atoms with Crippen molar-refractivity contribution in [1.82, 2.24) is 14.9 Å². The molecule has 2 aliphatic rings. The monoisotopic (exact) mass is 340 g/mol. The summed E-state index contributed by atoms with van der Waals surface area (Å²) >= 11 is 0. The van der Waals surface area contributed by atoms with Gasteiger partial charge in [0.25, 0.3) is 0 Å². The number of rotatable bonds is 4. The van der Waals surface area contributed by atoms with Crippen LogP contribution >= 0.6 is 0 Å². The fraction of sp³-hybridized carbons (Fsp3) is 0.500. The lowest BCUT2D eigenvalue weighted by atomic mass is 9.87. The van der Waals surface area contributed by atoms with Gasteiger partial charge in [-0.1, -0.05) is 30.3 Å². The maximum Gasteiger partial charge on any atom is 0.225 e. The Labute approximate surface area is 148 Å². The molecule has 0 amide bonds. The van der Waals surface area contributed by atoms with E-state index in [1.165, 1.54) is 50.2 Å². The average Bonchev–Trinajstić information content (AvgIpc) is 2.67. The number of hydrogen-bond donors (Lipinski definition) is 0. The Morgan fingerprint density at radius 2 is 1.80 bits per heavy atom. The van der Waals surface area contributed by atoms with Crippen LogP contribution in [0.2, 0.25) is 0 Å². The minimum Gasteiger partial charge on any atom is -0.338 e. The van der Waals surface area contributed by atoms with Gasteiger partial charge in [0.2, 0.25) is 5.95 Å².